The Morgan fingerprint density at radius 2 is 1.97 bits per heavy atom. The lowest BCUT2D eigenvalue weighted by molar-refractivity contribution is -0.140. The third-order valence-corrected chi connectivity index (χ3v) is 6.15. The lowest BCUT2D eigenvalue weighted by Gasteiger charge is -2.31. The standard InChI is InChI=1S/C24H27ClF3N5O/c1-14(2)13-33-21(8-9-29-33)23(34)31-17-5-3-4-16(11-17)30-20-12-22(24(26,27)28)32-19-7-6-15(25)10-18(19)20/h6-10,12,14,16-17H,3-5,11,13H2,1-2H3,(H,30,32)(H,31,34)/t16-,17?/m0/s1. The molecule has 2 aromatic heterocycles. The molecule has 6 nitrogen and oxygen atoms in total. The number of nitrogens with zero attached hydrogens (tertiary/aromatic N) is 3. The first kappa shape index (κ1) is 24.3. The minimum atomic E-state index is -4.56. The first-order valence-electron chi connectivity index (χ1n) is 11.4. The highest BCUT2D eigenvalue weighted by molar-refractivity contribution is 6.31. The van der Waals surface area contributed by atoms with E-state index in [0.29, 0.717) is 40.7 Å². The van der Waals surface area contributed by atoms with Crippen molar-refractivity contribution in [3.8, 4) is 0 Å². The summed E-state index contributed by atoms with van der Waals surface area (Å²) >= 11 is 6.10. The minimum absolute atomic E-state index is 0.0973. The molecule has 1 unspecified atom stereocenters. The van der Waals surface area contributed by atoms with Gasteiger partial charge in [0.2, 0.25) is 0 Å². The van der Waals surface area contributed by atoms with Crippen LogP contribution in [0, 0.1) is 5.92 Å². The molecule has 1 aromatic carbocycles. The maximum absolute atomic E-state index is 13.4. The van der Waals surface area contributed by atoms with Gasteiger partial charge in [0.1, 0.15) is 11.4 Å². The van der Waals surface area contributed by atoms with Gasteiger partial charge in [-0.3, -0.25) is 9.48 Å². The molecule has 10 heteroatoms. The van der Waals surface area contributed by atoms with Crippen LogP contribution in [0.3, 0.4) is 0 Å². The van der Waals surface area contributed by atoms with Crippen molar-refractivity contribution in [1.29, 1.82) is 0 Å². The number of rotatable bonds is 6. The molecule has 1 amide bonds. The maximum Gasteiger partial charge on any atom is 0.433 e. The summed E-state index contributed by atoms with van der Waals surface area (Å²) in [5.74, 6) is 0.157. The van der Waals surface area contributed by atoms with E-state index in [4.69, 9.17) is 11.6 Å². The Balaban J connectivity index is 1.51. The van der Waals surface area contributed by atoms with Crippen molar-refractivity contribution in [2.45, 2.75) is 64.3 Å². The molecule has 0 aliphatic heterocycles. The molecule has 0 spiro atoms. The molecule has 1 aliphatic carbocycles. The van der Waals surface area contributed by atoms with Crippen molar-refractivity contribution in [3.63, 3.8) is 0 Å². The van der Waals surface area contributed by atoms with Gasteiger partial charge in [0.15, 0.2) is 0 Å². The van der Waals surface area contributed by atoms with Gasteiger partial charge in [-0.25, -0.2) is 4.98 Å². The Kier molecular flexibility index (Phi) is 7.02. The normalized spacial score (nSPS) is 18.9. The first-order valence-corrected chi connectivity index (χ1v) is 11.7. The summed E-state index contributed by atoms with van der Waals surface area (Å²) in [6.45, 7) is 4.76. The fraction of sp³-hybridized carbons (Fsp3) is 0.458. The van der Waals surface area contributed by atoms with E-state index in [0.717, 1.165) is 25.3 Å². The molecule has 4 rings (SSSR count). The molecule has 1 fully saturated rings. The summed E-state index contributed by atoms with van der Waals surface area (Å²) in [5, 5.41) is 11.5. The van der Waals surface area contributed by atoms with Gasteiger partial charge < -0.3 is 10.6 Å². The molecule has 1 saturated carbocycles. The van der Waals surface area contributed by atoms with E-state index in [2.05, 4.69) is 34.6 Å². The molecule has 2 heterocycles. The number of hydrogen-bond donors (Lipinski definition) is 2. The molecular formula is C24H27ClF3N5O. The molecular weight excluding hydrogens is 467 g/mol. The zero-order valence-corrected chi connectivity index (χ0v) is 19.7. The molecule has 0 bridgehead atoms. The number of carbonyl (C=O) groups is 1. The number of alkyl halides is 3. The Bertz CT molecular complexity index is 1180. The predicted molar refractivity (Wildman–Crippen MR) is 126 cm³/mol. The van der Waals surface area contributed by atoms with Crippen LogP contribution in [-0.4, -0.2) is 32.8 Å². The van der Waals surface area contributed by atoms with Gasteiger partial charge in [0.05, 0.1) is 5.52 Å². The van der Waals surface area contributed by atoms with Gasteiger partial charge in [0.25, 0.3) is 5.91 Å². The lowest BCUT2D eigenvalue weighted by atomic mass is 9.90. The summed E-state index contributed by atoms with van der Waals surface area (Å²) in [7, 11) is 0. The summed E-state index contributed by atoms with van der Waals surface area (Å²) < 4.78 is 42.0. The van der Waals surface area contributed by atoms with E-state index in [1.54, 1.807) is 23.0 Å². The monoisotopic (exact) mass is 493 g/mol. The smallest absolute Gasteiger partial charge is 0.382 e. The molecule has 0 radical (unpaired) electrons. The Hall–Kier alpha value is -2.81. The van der Waals surface area contributed by atoms with Crippen molar-refractivity contribution in [3.05, 3.63) is 52.9 Å². The van der Waals surface area contributed by atoms with Gasteiger partial charge in [-0.2, -0.15) is 18.3 Å². The Morgan fingerprint density at radius 3 is 2.71 bits per heavy atom. The largest absolute Gasteiger partial charge is 0.433 e. The van der Waals surface area contributed by atoms with E-state index in [-0.39, 0.29) is 23.5 Å². The zero-order valence-electron chi connectivity index (χ0n) is 19.0. The minimum Gasteiger partial charge on any atom is -0.382 e. The number of anilines is 1. The Morgan fingerprint density at radius 1 is 1.21 bits per heavy atom. The number of fused-ring (bicyclic) bond motifs is 1. The lowest BCUT2D eigenvalue weighted by Crippen LogP contribution is -2.42. The van der Waals surface area contributed by atoms with Crippen LogP contribution in [0.4, 0.5) is 18.9 Å². The van der Waals surface area contributed by atoms with Crippen LogP contribution in [0.15, 0.2) is 36.5 Å². The number of halogens is 4. The van der Waals surface area contributed by atoms with Gasteiger partial charge in [0, 0.05) is 40.9 Å². The fourth-order valence-corrected chi connectivity index (χ4v) is 4.58. The third kappa shape index (κ3) is 5.63. The predicted octanol–water partition coefficient (Wildman–Crippen LogP) is 5.91. The van der Waals surface area contributed by atoms with E-state index in [1.165, 1.54) is 12.1 Å². The second-order valence-corrected chi connectivity index (χ2v) is 9.62. The molecule has 2 N–H and O–H groups in total. The van der Waals surface area contributed by atoms with E-state index >= 15 is 0 Å². The number of hydrogen-bond acceptors (Lipinski definition) is 4. The zero-order chi connectivity index (χ0) is 24.5. The van der Waals surface area contributed by atoms with Gasteiger partial charge in [-0.1, -0.05) is 25.4 Å². The Labute approximate surface area is 200 Å². The highest BCUT2D eigenvalue weighted by Gasteiger charge is 2.34. The number of aromatic nitrogens is 3. The molecule has 182 valence electrons. The van der Waals surface area contributed by atoms with Crippen molar-refractivity contribution >= 4 is 34.1 Å². The summed E-state index contributed by atoms with van der Waals surface area (Å²) in [4.78, 5) is 16.6. The van der Waals surface area contributed by atoms with Crippen LogP contribution in [0.25, 0.3) is 10.9 Å². The summed E-state index contributed by atoms with van der Waals surface area (Å²) in [5.41, 5.74) is 0.116. The third-order valence-electron chi connectivity index (χ3n) is 5.92. The SMILES string of the molecule is CC(C)Cn1nccc1C(=O)NC1CCC[C@H](Nc2cc(C(F)(F)F)nc3ccc(Cl)cc23)C1. The van der Waals surface area contributed by atoms with Crippen LogP contribution in [0.1, 0.15) is 55.7 Å². The van der Waals surface area contributed by atoms with Crippen molar-refractivity contribution in [2.75, 3.05) is 5.32 Å². The molecule has 1 aliphatic rings. The molecule has 3 aromatic rings. The van der Waals surface area contributed by atoms with E-state index in [1.807, 2.05) is 0 Å². The summed E-state index contributed by atoms with van der Waals surface area (Å²) in [6, 6.07) is 7.15. The molecule has 2 atom stereocenters. The van der Waals surface area contributed by atoms with Gasteiger partial charge in [-0.05, 0) is 61.9 Å². The summed E-state index contributed by atoms with van der Waals surface area (Å²) in [6.07, 6.45) is 0.0641. The van der Waals surface area contributed by atoms with Crippen LogP contribution >= 0.6 is 11.6 Å². The second kappa shape index (κ2) is 9.82. The van der Waals surface area contributed by atoms with Crippen LogP contribution in [0.5, 0.6) is 0 Å². The van der Waals surface area contributed by atoms with E-state index in [9.17, 15) is 18.0 Å². The van der Waals surface area contributed by atoms with Crippen LogP contribution in [0.2, 0.25) is 5.02 Å². The fourth-order valence-electron chi connectivity index (χ4n) is 4.41. The first-order chi connectivity index (χ1) is 16.1. The van der Waals surface area contributed by atoms with Crippen molar-refractivity contribution in [2.24, 2.45) is 5.92 Å². The van der Waals surface area contributed by atoms with Crippen LogP contribution < -0.4 is 10.6 Å². The number of pyridine rings is 1. The number of amides is 1. The number of benzene rings is 1. The number of nitrogens with one attached hydrogen (secondary N) is 2. The average Bonchev–Trinajstić information content (AvgIpc) is 3.21. The van der Waals surface area contributed by atoms with E-state index < -0.39 is 11.9 Å². The average molecular weight is 494 g/mol. The van der Waals surface area contributed by atoms with Crippen LogP contribution in [-0.2, 0) is 12.7 Å². The molecule has 0 saturated heterocycles. The molecule has 34 heavy (non-hydrogen) atoms. The van der Waals surface area contributed by atoms with Gasteiger partial charge >= 0.3 is 6.18 Å². The van der Waals surface area contributed by atoms with Crippen molar-refractivity contribution < 1.29 is 18.0 Å². The second-order valence-electron chi connectivity index (χ2n) is 9.18. The number of carbonyl (C=O) groups excluding carboxylic acids is 1. The van der Waals surface area contributed by atoms with Crippen molar-refractivity contribution in [1.82, 2.24) is 20.1 Å². The highest BCUT2D eigenvalue weighted by atomic mass is 35.5. The quantitative estimate of drug-likeness (QED) is 0.447. The van der Waals surface area contributed by atoms with Gasteiger partial charge in [-0.15, -0.1) is 0 Å². The topological polar surface area (TPSA) is 71.8 Å². The maximum atomic E-state index is 13.4. The highest BCUT2D eigenvalue weighted by Crippen LogP contribution is 2.35.